The Kier molecular flexibility index (Phi) is 5.26. The molecule has 0 fully saturated rings. The maximum absolute atomic E-state index is 13.0. The average Bonchev–Trinajstić information content (AvgIpc) is 3.04. The van der Waals surface area contributed by atoms with Crippen LogP contribution in [0, 0.1) is 0 Å². The molecule has 3 aromatic rings. The van der Waals surface area contributed by atoms with E-state index in [1.807, 2.05) is 84.9 Å². The molecule has 0 bridgehead atoms. The van der Waals surface area contributed by atoms with E-state index in [-0.39, 0.29) is 5.91 Å². The van der Waals surface area contributed by atoms with Gasteiger partial charge < -0.3 is 0 Å². The minimum atomic E-state index is -0.258. The van der Waals surface area contributed by atoms with E-state index in [4.69, 9.17) is 0 Å². The van der Waals surface area contributed by atoms with Crippen molar-refractivity contribution in [3.8, 4) is 0 Å². The molecule has 0 spiro atoms. The predicted octanol–water partition coefficient (Wildman–Crippen LogP) is 5.11. The number of hydrogen-bond acceptors (Lipinski definition) is 3. The molecule has 5 heteroatoms. The highest BCUT2D eigenvalue weighted by Gasteiger charge is 2.31. The van der Waals surface area contributed by atoms with E-state index in [1.165, 1.54) is 5.01 Å². The second-order valence-corrected chi connectivity index (χ2v) is 6.98. The van der Waals surface area contributed by atoms with Gasteiger partial charge >= 0.3 is 0 Å². The van der Waals surface area contributed by atoms with Crippen LogP contribution in [0.1, 0.15) is 16.7 Å². The molecule has 4 nitrogen and oxygen atoms in total. The van der Waals surface area contributed by atoms with Crippen molar-refractivity contribution in [1.29, 1.82) is 0 Å². The molecular formula is C23H16BrN3O. The summed E-state index contributed by atoms with van der Waals surface area (Å²) in [5.74, 6) is 0.252. The Labute approximate surface area is 171 Å². The van der Waals surface area contributed by atoms with Gasteiger partial charge in [-0.1, -0.05) is 94.8 Å². The quantitative estimate of drug-likeness (QED) is 0.419. The first kappa shape index (κ1) is 18.1. The summed E-state index contributed by atoms with van der Waals surface area (Å²) in [7, 11) is 0. The van der Waals surface area contributed by atoms with Crippen molar-refractivity contribution in [2.75, 3.05) is 0 Å². The van der Waals surface area contributed by atoms with Gasteiger partial charge in [0.1, 0.15) is 5.70 Å². The number of hydrogen-bond donors (Lipinski definition) is 0. The Bertz CT molecular complexity index is 1090. The highest BCUT2D eigenvalue weighted by Crippen LogP contribution is 2.23. The molecule has 1 heterocycles. The molecular weight excluding hydrogens is 414 g/mol. The molecule has 0 N–H and O–H groups in total. The molecule has 0 radical (unpaired) electrons. The molecule has 1 amide bonds. The third kappa shape index (κ3) is 3.85. The van der Waals surface area contributed by atoms with Crippen LogP contribution in [0.25, 0.3) is 6.08 Å². The van der Waals surface area contributed by atoms with Crippen molar-refractivity contribution in [2.45, 2.75) is 0 Å². The molecule has 4 rings (SSSR count). The second kappa shape index (κ2) is 8.15. The first-order valence-corrected chi connectivity index (χ1v) is 9.55. The molecule has 0 saturated heterocycles. The van der Waals surface area contributed by atoms with Crippen LogP contribution in [-0.2, 0) is 4.79 Å². The molecule has 0 unspecified atom stereocenters. The summed E-state index contributed by atoms with van der Waals surface area (Å²) >= 11 is 3.50. The molecule has 0 aromatic heterocycles. The van der Waals surface area contributed by atoms with E-state index >= 15 is 0 Å². The zero-order valence-electron chi connectivity index (χ0n) is 14.9. The van der Waals surface area contributed by atoms with E-state index < -0.39 is 0 Å². The van der Waals surface area contributed by atoms with E-state index in [1.54, 1.807) is 12.3 Å². The van der Waals surface area contributed by atoms with Gasteiger partial charge in [0, 0.05) is 15.6 Å². The van der Waals surface area contributed by atoms with Crippen molar-refractivity contribution in [2.24, 2.45) is 10.1 Å². The van der Waals surface area contributed by atoms with E-state index in [0.717, 1.165) is 21.2 Å². The molecule has 0 aliphatic carbocycles. The minimum Gasteiger partial charge on any atom is -0.265 e. The van der Waals surface area contributed by atoms with Crippen LogP contribution < -0.4 is 0 Å². The van der Waals surface area contributed by atoms with Crippen LogP contribution in [0.2, 0.25) is 0 Å². The smallest absolute Gasteiger partial charge is 0.265 e. The lowest BCUT2D eigenvalue weighted by Gasteiger charge is -2.12. The highest BCUT2D eigenvalue weighted by atomic mass is 79.9. The largest absolute Gasteiger partial charge is 0.298 e. The fraction of sp³-hybridized carbons (Fsp3) is 0. The Morgan fingerprint density at radius 2 is 1.50 bits per heavy atom. The SMILES string of the molecule is O=C1/C(=C/c2ccccc2)N=C(c2ccccc2)N1/N=C/c1ccccc1Br. The fourth-order valence-corrected chi connectivity index (χ4v) is 3.18. The van der Waals surface area contributed by atoms with E-state index in [9.17, 15) is 4.79 Å². The maximum Gasteiger partial charge on any atom is 0.298 e. The summed E-state index contributed by atoms with van der Waals surface area (Å²) in [6, 6.07) is 27.0. The van der Waals surface area contributed by atoms with Crippen LogP contribution in [0.4, 0.5) is 0 Å². The monoisotopic (exact) mass is 429 g/mol. The van der Waals surface area contributed by atoms with Gasteiger partial charge in [0.2, 0.25) is 0 Å². The summed E-state index contributed by atoms with van der Waals surface area (Å²) in [4.78, 5) is 17.6. The summed E-state index contributed by atoms with van der Waals surface area (Å²) < 4.78 is 0.906. The number of benzene rings is 3. The molecule has 0 atom stereocenters. The number of hydrazone groups is 1. The van der Waals surface area contributed by atoms with Crippen molar-refractivity contribution in [1.82, 2.24) is 5.01 Å². The van der Waals surface area contributed by atoms with Gasteiger partial charge in [-0.3, -0.25) is 4.79 Å². The van der Waals surface area contributed by atoms with Crippen LogP contribution in [0.5, 0.6) is 0 Å². The van der Waals surface area contributed by atoms with Crippen molar-refractivity contribution in [3.63, 3.8) is 0 Å². The number of carbonyl (C=O) groups is 1. The van der Waals surface area contributed by atoms with Gasteiger partial charge in [-0.15, -0.1) is 0 Å². The second-order valence-electron chi connectivity index (χ2n) is 6.12. The number of halogens is 1. The molecule has 1 aliphatic rings. The Morgan fingerprint density at radius 1 is 0.857 bits per heavy atom. The standard InChI is InChI=1S/C23H16BrN3O/c24-20-14-8-7-13-19(20)16-25-27-22(18-11-5-2-6-12-18)26-21(23(27)28)15-17-9-3-1-4-10-17/h1-16H/b21-15-,25-16+. The zero-order valence-corrected chi connectivity index (χ0v) is 16.5. The molecule has 136 valence electrons. The molecule has 0 saturated carbocycles. The normalized spacial score (nSPS) is 15.5. The fourth-order valence-electron chi connectivity index (χ4n) is 2.80. The van der Waals surface area contributed by atoms with Gasteiger partial charge in [-0.2, -0.15) is 10.1 Å². The molecule has 28 heavy (non-hydrogen) atoms. The van der Waals surface area contributed by atoms with Crippen molar-refractivity contribution >= 4 is 40.0 Å². The van der Waals surface area contributed by atoms with Gasteiger partial charge in [-0.25, -0.2) is 4.99 Å². The summed E-state index contributed by atoms with van der Waals surface area (Å²) in [6.07, 6.45) is 3.44. The summed E-state index contributed by atoms with van der Waals surface area (Å²) in [5, 5.41) is 5.79. The summed E-state index contributed by atoms with van der Waals surface area (Å²) in [5.41, 5.74) is 2.98. The average molecular weight is 430 g/mol. The van der Waals surface area contributed by atoms with Crippen LogP contribution in [0.3, 0.4) is 0 Å². The van der Waals surface area contributed by atoms with E-state index in [2.05, 4.69) is 26.0 Å². The first-order chi connectivity index (χ1) is 13.7. The maximum atomic E-state index is 13.0. The lowest BCUT2D eigenvalue weighted by Crippen LogP contribution is -2.27. The van der Waals surface area contributed by atoms with Crippen molar-refractivity contribution in [3.05, 3.63) is 112 Å². The lowest BCUT2D eigenvalue weighted by atomic mass is 10.2. The number of nitrogens with zero attached hydrogens (tertiary/aromatic N) is 3. The van der Waals surface area contributed by atoms with Gasteiger partial charge in [0.25, 0.3) is 5.91 Å². The van der Waals surface area contributed by atoms with Crippen molar-refractivity contribution < 1.29 is 4.79 Å². The zero-order chi connectivity index (χ0) is 19.3. The van der Waals surface area contributed by atoms with E-state index in [0.29, 0.717) is 11.5 Å². The Hall–Kier alpha value is -3.31. The minimum absolute atomic E-state index is 0.258. The Morgan fingerprint density at radius 3 is 2.21 bits per heavy atom. The molecule has 1 aliphatic heterocycles. The van der Waals surface area contributed by atoms with Gasteiger partial charge in [-0.05, 0) is 17.7 Å². The first-order valence-electron chi connectivity index (χ1n) is 8.76. The number of amides is 1. The van der Waals surface area contributed by atoms with Gasteiger partial charge in [0.15, 0.2) is 5.84 Å². The van der Waals surface area contributed by atoms with Gasteiger partial charge in [0.05, 0.1) is 6.21 Å². The highest BCUT2D eigenvalue weighted by molar-refractivity contribution is 9.10. The number of aliphatic imine (C=N–C) groups is 1. The lowest BCUT2D eigenvalue weighted by molar-refractivity contribution is -0.122. The van der Waals surface area contributed by atoms with Crippen LogP contribution >= 0.6 is 15.9 Å². The number of rotatable bonds is 4. The van der Waals surface area contributed by atoms with Crippen LogP contribution in [-0.4, -0.2) is 23.0 Å². The number of carbonyl (C=O) groups excluding carboxylic acids is 1. The third-order valence-corrected chi connectivity index (χ3v) is 4.91. The summed E-state index contributed by atoms with van der Waals surface area (Å²) in [6.45, 7) is 0. The predicted molar refractivity (Wildman–Crippen MR) is 116 cm³/mol. The molecule has 3 aromatic carbocycles. The van der Waals surface area contributed by atoms with Crippen LogP contribution in [0.15, 0.2) is 105 Å². The Balaban J connectivity index is 1.74. The topological polar surface area (TPSA) is 45.0 Å². The number of amidine groups is 1. The third-order valence-electron chi connectivity index (χ3n) is 4.19.